The first-order valence-corrected chi connectivity index (χ1v) is 18.3. The van der Waals surface area contributed by atoms with Gasteiger partial charge in [-0.2, -0.15) is 0 Å². The third-order valence-electron chi connectivity index (χ3n) is 10.9. The quantitative estimate of drug-likeness (QED) is 0.190. The van der Waals surface area contributed by atoms with Gasteiger partial charge in [0.1, 0.15) is 0 Å². The van der Waals surface area contributed by atoms with Gasteiger partial charge in [0.2, 0.25) is 0 Å². The van der Waals surface area contributed by atoms with Crippen LogP contribution < -0.4 is 0 Å². The molecule has 1 spiro atoms. The molecule has 2 heterocycles. The SMILES string of the molecule is c1ccc(-c2nc(-c3cccc(-c4ccc(-c5cccc6c5-c5ccccc5C65CCCCC5)cc4)c3)c3sc4ccccc4c3n2)cc1. The van der Waals surface area contributed by atoms with Crippen molar-refractivity contribution in [2.24, 2.45) is 0 Å². The summed E-state index contributed by atoms with van der Waals surface area (Å²) >= 11 is 1.78. The number of nitrogens with zero attached hydrogens (tertiary/aromatic N) is 2. The zero-order valence-electron chi connectivity index (χ0n) is 27.2. The van der Waals surface area contributed by atoms with Crippen molar-refractivity contribution >= 4 is 31.6 Å². The third kappa shape index (κ3) is 4.53. The Kier molecular flexibility index (Phi) is 6.63. The van der Waals surface area contributed by atoms with Gasteiger partial charge in [0.05, 0.1) is 15.9 Å². The van der Waals surface area contributed by atoms with Crippen molar-refractivity contribution in [1.82, 2.24) is 9.97 Å². The van der Waals surface area contributed by atoms with Gasteiger partial charge in [-0.15, -0.1) is 11.3 Å². The van der Waals surface area contributed by atoms with E-state index in [4.69, 9.17) is 9.97 Å². The van der Waals surface area contributed by atoms with Crippen LogP contribution in [0.5, 0.6) is 0 Å². The largest absolute Gasteiger partial charge is 0.226 e. The van der Waals surface area contributed by atoms with E-state index in [9.17, 15) is 0 Å². The summed E-state index contributed by atoms with van der Waals surface area (Å²) in [5, 5.41) is 1.18. The lowest BCUT2D eigenvalue weighted by atomic mass is 9.68. The fourth-order valence-corrected chi connectivity index (χ4v) is 9.78. The number of benzene rings is 6. The first-order valence-electron chi connectivity index (χ1n) is 17.5. The van der Waals surface area contributed by atoms with Crippen LogP contribution in [0.2, 0.25) is 0 Å². The molecule has 0 N–H and O–H groups in total. The standard InChI is InChI=1S/C46H34N2S/c1-3-13-32(14-4-1)45-47-42(44-43(48-45)37-18-6-8-22-40(37)49-44)34-16-11-15-33(29-34)30-23-25-31(26-24-30)35-19-12-21-39-41(35)36-17-5-7-20-38(36)46(39)27-9-2-10-28-46/h1,3-8,11-26,29H,2,9-10,27-28H2. The zero-order valence-corrected chi connectivity index (χ0v) is 28.0. The minimum atomic E-state index is 0.168. The normalized spacial score (nSPS) is 14.7. The minimum Gasteiger partial charge on any atom is -0.226 e. The lowest BCUT2D eigenvalue weighted by Crippen LogP contribution is -2.27. The highest BCUT2D eigenvalue weighted by Crippen LogP contribution is 2.57. The maximum atomic E-state index is 5.21. The molecule has 10 rings (SSSR count). The smallest absolute Gasteiger partial charge is 0.160 e. The van der Waals surface area contributed by atoms with Crippen molar-refractivity contribution in [3.8, 4) is 56.0 Å². The van der Waals surface area contributed by atoms with E-state index in [-0.39, 0.29) is 5.41 Å². The molecule has 0 amide bonds. The van der Waals surface area contributed by atoms with Crippen LogP contribution in [0.1, 0.15) is 43.2 Å². The molecule has 8 aromatic rings. The molecule has 49 heavy (non-hydrogen) atoms. The maximum absolute atomic E-state index is 5.21. The molecule has 0 unspecified atom stereocenters. The first kappa shape index (κ1) is 28.6. The summed E-state index contributed by atoms with van der Waals surface area (Å²) in [5.74, 6) is 0.758. The highest BCUT2D eigenvalue weighted by molar-refractivity contribution is 7.26. The molecule has 0 aliphatic heterocycles. The average Bonchev–Trinajstić information content (AvgIpc) is 3.69. The topological polar surface area (TPSA) is 25.8 Å². The van der Waals surface area contributed by atoms with Gasteiger partial charge < -0.3 is 0 Å². The summed E-state index contributed by atoms with van der Waals surface area (Å²) in [6.07, 6.45) is 6.47. The van der Waals surface area contributed by atoms with Crippen molar-refractivity contribution in [2.75, 3.05) is 0 Å². The van der Waals surface area contributed by atoms with Crippen LogP contribution in [0.25, 0.3) is 76.3 Å². The predicted molar refractivity (Wildman–Crippen MR) is 206 cm³/mol. The van der Waals surface area contributed by atoms with E-state index < -0.39 is 0 Å². The molecule has 234 valence electrons. The number of hydrogen-bond acceptors (Lipinski definition) is 3. The number of hydrogen-bond donors (Lipinski definition) is 0. The van der Waals surface area contributed by atoms with Crippen molar-refractivity contribution < 1.29 is 0 Å². The Morgan fingerprint density at radius 3 is 2.04 bits per heavy atom. The van der Waals surface area contributed by atoms with Crippen molar-refractivity contribution in [3.63, 3.8) is 0 Å². The lowest BCUT2D eigenvalue weighted by molar-refractivity contribution is 0.353. The van der Waals surface area contributed by atoms with Crippen molar-refractivity contribution in [3.05, 3.63) is 157 Å². The summed E-state index contributed by atoms with van der Waals surface area (Å²) in [7, 11) is 0. The van der Waals surface area contributed by atoms with E-state index in [1.165, 1.54) is 81.1 Å². The molecule has 0 bridgehead atoms. The highest BCUT2D eigenvalue weighted by atomic mass is 32.1. The molecule has 3 heteroatoms. The molecular weight excluding hydrogens is 613 g/mol. The van der Waals surface area contributed by atoms with Gasteiger partial charge in [0.15, 0.2) is 5.82 Å². The second-order valence-electron chi connectivity index (χ2n) is 13.6. The monoisotopic (exact) mass is 646 g/mol. The Morgan fingerprint density at radius 1 is 0.490 bits per heavy atom. The number of aromatic nitrogens is 2. The van der Waals surface area contributed by atoms with E-state index in [0.29, 0.717) is 0 Å². The number of fused-ring (bicyclic) bond motifs is 8. The molecule has 2 nitrogen and oxygen atoms in total. The second-order valence-corrected chi connectivity index (χ2v) is 14.7. The van der Waals surface area contributed by atoms with Gasteiger partial charge in [-0.05, 0) is 69.5 Å². The molecule has 1 fully saturated rings. The van der Waals surface area contributed by atoms with Crippen LogP contribution in [0.15, 0.2) is 146 Å². The molecule has 2 aliphatic carbocycles. The predicted octanol–water partition coefficient (Wildman–Crippen LogP) is 12.7. The van der Waals surface area contributed by atoms with Crippen molar-refractivity contribution in [1.29, 1.82) is 0 Å². The van der Waals surface area contributed by atoms with Gasteiger partial charge in [0, 0.05) is 26.6 Å². The van der Waals surface area contributed by atoms with Gasteiger partial charge in [0.25, 0.3) is 0 Å². The Labute approximate surface area is 290 Å². The van der Waals surface area contributed by atoms with Crippen LogP contribution in [-0.2, 0) is 5.41 Å². The Balaban J connectivity index is 1.06. The first-order chi connectivity index (χ1) is 24.3. The highest BCUT2D eigenvalue weighted by Gasteiger charge is 2.44. The van der Waals surface area contributed by atoms with Crippen LogP contribution in [0.4, 0.5) is 0 Å². The Hall–Kier alpha value is -5.38. The van der Waals surface area contributed by atoms with Crippen molar-refractivity contribution in [2.45, 2.75) is 37.5 Å². The van der Waals surface area contributed by atoms with Gasteiger partial charge in [-0.3, -0.25) is 0 Å². The van der Waals surface area contributed by atoms with E-state index in [1.807, 2.05) is 6.07 Å². The molecule has 2 aliphatic rings. The maximum Gasteiger partial charge on any atom is 0.160 e. The molecule has 0 atom stereocenters. The summed E-state index contributed by atoms with van der Waals surface area (Å²) in [4.78, 5) is 10.3. The van der Waals surface area contributed by atoms with Gasteiger partial charge in [-0.25, -0.2) is 9.97 Å². The Bertz CT molecular complexity index is 2520. The van der Waals surface area contributed by atoms with Gasteiger partial charge in [-0.1, -0.05) is 153 Å². The molecule has 1 saturated carbocycles. The molecule has 6 aromatic carbocycles. The summed E-state index contributed by atoms with van der Waals surface area (Å²) in [6, 6.07) is 53.1. The molecule has 2 aromatic heterocycles. The molecular formula is C46H34N2S. The summed E-state index contributed by atoms with van der Waals surface area (Å²) in [6.45, 7) is 0. The van der Waals surface area contributed by atoms with Crippen LogP contribution in [0, 0.1) is 0 Å². The minimum absolute atomic E-state index is 0.168. The fraction of sp³-hybridized carbons (Fsp3) is 0.130. The average molecular weight is 647 g/mol. The molecule has 0 saturated heterocycles. The number of rotatable bonds is 4. The second kappa shape index (κ2) is 11.4. The van der Waals surface area contributed by atoms with Crippen LogP contribution in [0.3, 0.4) is 0 Å². The zero-order chi connectivity index (χ0) is 32.4. The van der Waals surface area contributed by atoms with E-state index in [0.717, 1.165) is 32.9 Å². The van der Waals surface area contributed by atoms with Crippen LogP contribution >= 0.6 is 11.3 Å². The van der Waals surface area contributed by atoms with Crippen LogP contribution in [-0.4, -0.2) is 9.97 Å². The van der Waals surface area contributed by atoms with E-state index in [2.05, 4.69) is 140 Å². The van der Waals surface area contributed by atoms with E-state index in [1.54, 1.807) is 16.9 Å². The van der Waals surface area contributed by atoms with E-state index >= 15 is 0 Å². The molecule has 0 radical (unpaired) electrons. The lowest BCUT2D eigenvalue weighted by Gasteiger charge is -2.36. The summed E-state index contributed by atoms with van der Waals surface area (Å²) in [5.41, 5.74) is 15.3. The van der Waals surface area contributed by atoms with Gasteiger partial charge >= 0.3 is 0 Å². The summed E-state index contributed by atoms with van der Waals surface area (Å²) < 4.78 is 2.36. The Morgan fingerprint density at radius 2 is 1.16 bits per heavy atom. The number of thiophene rings is 1. The fourth-order valence-electron chi connectivity index (χ4n) is 8.63. The third-order valence-corrected chi connectivity index (χ3v) is 12.1.